The van der Waals surface area contributed by atoms with Gasteiger partial charge in [-0.25, -0.2) is 0 Å². The van der Waals surface area contributed by atoms with Gasteiger partial charge in [-0.2, -0.15) is 0 Å². The van der Waals surface area contributed by atoms with Crippen molar-refractivity contribution in [2.45, 2.75) is 18.8 Å². The molecule has 1 atom stereocenters. The summed E-state index contributed by atoms with van der Waals surface area (Å²) in [4.78, 5) is 12.7. The first-order valence-electron chi connectivity index (χ1n) is 7.48. The molecule has 3 N–H and O–H groups in total. The summed E-state index contributed by atoms with van der Waals surface area (Å²) in [7, 11) is 0. The summed E-state index contributed by atoms with van der Waals surface area (Å²) in [5, 5.41) is 15.5. The number of hydrogen-bond donors (Lipinski definition) is 3. The van der Waals surface area contributed by atoms with Gasteiger partial charge in [0.25, 0.3) is 5.91 Å². The molecule has 0 bridgehead atoms. The lowest BCUT2D eigenvalue weighted by atomic mass is 10.1. The highest BCUT2D eigenvalue weighted by molar-refractivity contribution is 8.05. The van der Waals surface area contributed by atoms with Crippen LogP contribution in [0.4, 0.5) is 5.69 Å². The van der Waals surface area contributed by atoms with Gasteiger partial charge < -0.3 is 15.7 Å². The Balaban J connectivity index is 1.67. The van der Waals surface area contributed by atoms with Crippen LogP contribution in [0.25, 0.3) is 6.08 Å². The van der Waals surface area contributed by atoms with Crippen LogP contribution in [0.5, 0.6) is 5.75 Å². The summed E-state index contributed by atoms with van der Waals surface area (Å²) in [6.07, 6.45) is 2.83. The zero-order valence-electron chi connectivity index (χ0n) is 12.7. The topological polar surface area (TPSA) is 61.4 Å². The van der Waals surface area contributed by atoms with Crippen LogP contribution in [0.2, 0.25) is 0 Å². The molecule has 0 aliphatic carbocycles. The second kappa shape index (κ2) is 6.79. The summed E-state index contributed by atoms with van der Waals surface area (Å²) in [6, 6.07) is 15.0. The molecule has 0 aromatic heterocycles. The van der Waals surface area contributed by atoms with Crippen LogP contribution in [0.1, 0.15) is 18.1 Å². The predicted molar refractivity (Wildman–Crippen MR) is 95.0 cm³/mol. The monoisotopic (exact) mass is 326 g/mol. The molecule has 3 rings (SSSR count). The minimum atomic E-state index is -0.182. The maximum Gasteiger partial charge on any atom is 0.260 e. The van der Waals surface area contributed by atoms with Gasteiger partial charge in [0, 0.05) is 5.69 Å². The summed E-state index contributed by atoms with van der Waals surface area (Å²) in [5.74, 6) is 0.122. The van der Waals surface area contributed by atoms with Crippen LogP contribution in [-0.4, -0.2) is 16.5 Å². The number of nitrogens with one attached hydrogen (secondary N) is 2. The van der Waals surface area contributed by atoms with Gasteiger partial charge in [-0.1, -0.05) is 43.0 Å². The highest BCUT2D eigenvalue weighted by Gasteiger charge is 2.26. The maximum atomic E-state index is 12.1. The van der Waals surface area contributed by atoms with Gasteiger partial charge >= 0.3 is 0 Å². The number of hydrogen-bond acceptors (Lipinski definition) is 4. The standard InChI is InChI=1S/C18H18N2O2S/c1-2-12-3-7-14(8-4-12)19-18-20-17(22)16(23-18)11-13-5-9-15(21)10-6-13/h3-11,18-19,21H,2H2,1H3,(H,20,22)/b16-11-/t18-/m0/s1. The highest BCUT2D eigenvalue weighted by Crippen LogP contribution is 2.30. The molecule has 1 aliphatic heterocycles. The first-order chi connectivity index (χ1) is 11.1. The van der Waals surface area contributed by atoms with E-state index in [2.05, 4.69) is 29.7 Å². The van der Waals surface area contributed by atoms with Crippen molar-refractivity contribution in [2.24, 2.45) is 0 Å². The molecule has 2 aromatic rings. The quantitative estimate of drug-likeness (QED) is 0.752. The number of thioether (sulfide) groups is 1. The molecule has 5 heteroatoms. The number of amides is 1. The number of anilines is 1. The first-order valence-corrected chi connectivity index (χ1v) is 8.36. The van der Waals surface area contributed by atoms with Gasteiger partial charge in [0.15, 0.2) is 5.50 Å². The van der Waals surface area contributed by atoms with Crippen LogP contribution in [-0.2, 0) is 11.2 Å². The van der Waals surface area contributed by atoms with Gasteiger partial charge in [0.1, 0.15) is 5.75 Å². The molecule has 1 fully saturated rings. The molecule has 0 spiro atoms. The smallest absolute Gasteiger partial charge is 0.260 e. The lowest BCUT2D eigenvalue weighted by Gasteiger charge is -2.12. The van der Waals surface area contributed by atoms with Crippen molar-refractivity contribution < 1.29 is 9.90 Å². The van der Waals surface area contributed by atoms with Crippen molar-refractivity contribution in [3.63, 3.8) is 0 Å². The third kappa shape index (κ3) is 3.87. The number of rotatable bonds is 4. The van der Waals surface area contributed by atoms with Crippen LogP contribution < -0.4 is 10.6 Å². The highest BCUT2D eigenvalue weighted by atomic mass is 32.2. The largest absolute Gasteiger partial charge is 0.508 e. The number of carbonyl (C=O) groups excluding carboxylic acids is 1. The van der Waals surface area contributed by atoms with Gasteiger partial charge in [0.2, 0.25) is 0 Å². The molecule has 23 heavy (non-hydrogen) atoms. The van der Waals surface area contributed by atoms with E-state index in [1.165, 1.54) is 17.3 Å². The molecule has 0 radical (unpaired) electrons. The molecule has 118 valence electrons. The summed E-state index contributed by atoms with van der Waals surface area (Å²) >= 11 is 1.45. The number of phenols is 1. The molecule has 2 aromatic carbocycles. The zero-order valence-corrected chi connectivity index (χ0v) is 13.6. The predicted octanol–water partition coefficient (Wildman–Crippen LogP) is 3.55. The molecule has 1 saturated heterocycles. The van der Waals surface area contributed by atoms with E-state index in [0.29, 0.717) is 4.91 Å². The lowest BCUT2D eigenvalue weighted by molar-refractivity contribution is -0.116. The number of aryl methyl sites for hydroxylation is 1. The molecule has 4 nitrogen and oxygen atoms in total. The number of aromatic hydroxyl groups is 1. The maximum absolute atomic E-state index is 12.1. The molecule has 1 amide bonds. The Morgan fingerprint density at radius 3 is 2.52 bits per heavy atom. The van der Waals surface area contributed by atoms with E-state index in [-0.39, 0.29) is 17.2 Å². The van der Waals surface area contributed by atoms with E-state index in [1.807, 2.05) is 18.2 Å². The Labute approximate surface area is 139 Å². The van der Waals surface area contributed by atoms with Crippen molar-refractivity contribution >= 4 is 29.4 Å². The van der Waals surface area contributed by atoms with Gasteiger partial charge in [0.05, 0.1) is 4.91 Å². The Hall–Kier alpha value is -2.40. The normalized spacial score (nSPS) is 18.9. The van der Waals surface area contributed by atoms with Crippen molar-refractivity contribution in [1.82, 2.24) is 5.32 Å². The SMILES string of the molecule is CCc1ccc(N[C@H]2NC(=O)/C(=C/c3ccc(O)cc3)S2)cc1. The Morgan fingerprint density at radius 2 is 1.87 bits per heavy atom. The fraction of sp³-hybridized carbons (Fsp3) is 0.167. The third-order valence-electron chi connectivity index (χ3n) is 3.58. The van der Waals surface area contributed by atoms with E-state index in [9.17, 15) is 9.90 Å². The summed E-state index contributed by atoms with van der Waals surface area (Å²) in [6.45, 7) is 2.12. The van der Waals surface area contributed by atoms with Crippen LogP contribution in [0.3, 0.4) is 0 Å². The summed E-state index contributed by atoms with van der Waals surface area (Å²) in [5.41, 5.74) is 2.96. The molecule has 0 saturated carbocycles. The Morgan fingerprint density at radius 1 is 1.17 bits per heavy atom. The molecular weight excluding hydrogens is 308 g/mol. The number of carbonyl (C=O) groups is 1. The molecule has 1 aliphatic rings. The average Bonchev–Trinajstić information content (AvgIpc) is 2.90. The second-order valence-electron chi connectivity index (χ2n) is 5.27. The van der Waals surface area contributed by atoms with Gasteiger partial charge in [-0.15, -0.1) is 0 Å². The van der Waals surface area contributed by atoms with Crippen LogP contribution in [0, 0.1) is 0 Å². The minimum absolute atomic E-state index is 0.0919. The second-order valence-corrected chi connectivity index (χ2v) is 6.41. The average molecular weight is 326 g/mol. The van der Waals surface area contributed by atoms with E-state index in [4.69, 9.17) is 0 Å². The number of benzene rings is 2. The van der Waals surface area contributed by atoms with E-state index < -0.39 is 0 Å². The van der Waals surface area contributed by atoms with Crippen molar-refractivity contribution in [2.75, 3.05) is 5.32 Å². The fourth-order valence-corrected chi connectivity index (χ4v) is 3.26. The van der Waals surface area contributed by atoms with Crippen molar-refractivity contribution in [1.29, 1.82) is 0 Å². The third-order valence-corrected chi connectivity index (χ3v) is 4.61. The first kappa shape index (κ1) is 15.5. The van der Waals surface area contributed by atoms with Crippen molar-refractivity contribution in [3.8, 4) is 5.75 Å². The van der Waals surface area contributed by atoms with Crippen LogP contribution >= 0.6 is 11.8 Å². The van der Waals surface area contributed by atoms with Crippen LogP contribution in [0.15, 0.2) is 53.4 Å². The van der Waals surface area contributed by atoms with E-state index in [0.717, 1.165) is 17.7 Å². The van der Waals surface area contributed by atoms with E-state index >= 15 is 0 Å². The lowest BCUT2D eigenvalue weighted by Crippen LogP contribution is -2.30. The molecular formula is C18H18N2O2S. The minimum Gasteiger partial charge on any atom is -0.508 e. The van der Waals surface area contributed by atoms with E-state index in [1.54, 1.807) is 24.3 Å². The number of phenolic OH excluding ortho intramolecular Hbond substituents is 1. The Kier molecular flexibility index (Phi) is 4.57. The molecule has 1 heterocycles. The van der Waals surface area contributed by atoms with Gasteiger partial charge in [-0.3, -0.25) is 4.79 Å². The molecule has 0 unspecified atom stereocenters. The van der Waals surface area contributed by atoms with Crippen molar-refractivity contribution in [3.05, 3.63) is 64.6 Å². The zero-order chi connectivity index (χ0) is 16.2. The summed E-state index contributed by atoms with van der Waals surface area (Å²) < 4.78 is 0. The fourth-order valence-electron chi connectivity index (χ4n) is 2.28. The Bertz CT molecular complexity index is 724. The van der Waals surface area contributed by atoms with Gasteiger partial charge in [-0.05, 0) is 47.9 Å².